The number of hydrogen-bond acceptors (Lipinski definition) is 3. The van der Waals surface area contributed by atoms with Crippen LogP contribution in [0, 0.1) is 6.92 Å². The third-order valence-electron chi connectivity index (χ3n) is 2.61. The lowest BCUT2D eigenvalue weighted by atomic mass is 10.2. The molecule has 0 fully saturated rings. The van der Waals surface area contributed by atoms with E-state index < -0.39 is 0 Å². The van der Waals surface area contributed by atoms with Crippen LogP contribution in [-0.4, -0.2) is 25.2 Å². The summed E-state index contributed by atoms with van der Waals surface area (Å²) in [5, 5.41) is 3.03. The van der Waals surface area contributed by atoms with Crippen molar-refractivity contribution in [2.24, 2.45) is 0 Å². The summed E-state index contributed by atoms with van der Waals surface area (Å²) in [6.45, 7) is 7.50. The van der Waals surface area contributed by atoms with Crippen LogP contribution in [0.2, 0.25) is 0 Å². The predicted molar refractivity (Wildman–Crippen MR) is 76.1 cm³/mol. The number of rotatable bonds is 8. The molecular formula is C14H23NO2S. The first-order valence-corrected chi connectivity index (χ1v) is 7.36. The largest absolute Gasteiger partial charge is 0.382 e. The summed E-state index contributed by atoms with van der Waals surface area (Å²) in [5.41, 5.74) is 0. The zero-order valence-electron chi connectivity index (χ0n) is 11.5. The summed E-state index contributed by atoms with van der Waals surface area (Å²) in [4.78, 5) is 14.3. The molecule has 18 heavy (non-hydrogen) atoms. The molecule has 0 spiro atoms. The summed E-state index contributed by atoms with van der Waals surface area (Å²) < 4.78 is 5.21. The molecule has 0 aliphatic rings. The van der Waals surface area contributed by atoms with Gasteiger partial charge in [-0.1, -0.05) is 0 Å². The molecule has 0 saturated heterocycles. The Kier molecular flexibility index (Phi) is 6.98. The highest BCUT2D eigenvalue weighted by Gasteiger charge is 2.09. The van der Waals surface area contributed by atoms with E-state index in [0.29, 0.717) is 13.0 Å². The van der Waals surface area contributed by atoms with Crippen molar-refractivity contribution in [2.45, 2.75) is 46.1 Å². The van der Waals surface area contributed by atoms with Gasteiger partial charge in [0.15, 0.2) is 0 Å². The SMILES string of the molecule is CCOCCCC(=O)N[C@@H](C)Cc1ccc(C)s1. The van der Waals surface area contributed by atoms with Crippen LogP contribution in [0.3, 0.4) is 0 Å². The third kappa shape index (κ3) is 6.17. The fraction of sp³-hybridized carbons (Fsp3) is 0.643. The van der Waals surface area contributed by atoms with Gasteiger partial charge in [-0.25, -0.2) is 0 Å². The Hall–Kier alpha value is -0.870. The zero-order chi connectivity index (χ0) is 13.4. The predicted octanol–water partition coefficient (Wildman–Crippen LogP) is 2.92. The number of ether oxygens (including phenoxy) is 1. The van der Waals surface area contributed by atoms with Crippen LogP contribution in [0.15, 0.2) is 12.1 Å². The highest BCUT2D eigenvalue weighted by molar-refractivity contribution is 7.11. The molecule has 0 unspecified atom stereocenters. The molecule has 1 amide bonds. The van der Waals surface area contributed by atoms with Gasteiger partial charge in [0.05, 0.1) is 0 Å². The van der Waals surface area contributed by atoms with Crippen molar-refractivity contribution in [2.75, 3.05) is 13.2 Å². The van der Waals surface area contributed by atoms with E-state index in [9.17, 15) is 4.79 Å². The first kappa shape index (κ1) is 15.2. The van der Waals surface area contributed by atoms with Crippen molar-refractivity contribution in [1.82, 2.24) is 5.32 Å². The maximum atomic E-state index is 11.6. The number of hydrogen-bond donors (Lipinski definition) is 1. The van der Waals surface area contributed by atoms with Crippen LogP contribution >= 0.6 is 11.3 Å². The second kappa shape index (κ2) is 8.27. The maximum Gasteiger partial charge on any atom is 0.220 e. The average Bonchev–Trinajstić information content (AvgIpc) is 2.70. The zero-order valence-corrected chi connectivity index (χ0v) is 12.3. The van der Waals surface area contributed by atoms with Gasteiger partial charge in [-0.15, -0.1) is 11.3 Å². The Morgan fingerprint density at radius 1 is 1.50 bits per heavy atom. The molecule has 1 aromatic rings. The molecule has 1 rings (SSSR count). The highest BCUT2D eigenvalue weighted by Crippen LogP contribution is 2.16. The Labute approximate surface area is 114 Å². The fourth-order valence-corrected chi connectivity index (χ4v) is 2.79. The molecule has 1 N–H and O–H groups in total. The summed E-state index contributed by atoms with van der Waals surface area (Å²) in [7, 11) is 0. The maximum absolute atomic E-state index is 11.6. The molecule has 0 aliphatic carbocycles. The third-order valence-corrected chi connectivity index (χ3v) is 3.63. The Morgan fingerprint density at radius 2 is 2.28 bits per heavy atom. The van der Waals surface area contributed by atoms with E-state index in [1.165, 1.54) is 9.75 Å². The van der Waals surface area contributed by atoms with Crippen LogP contribution in [0.5, 0.6) is 0 Å². The number of carbonyl (C=O) groups is 1. The lowest BCUT2D eigenvalue weighted by Gasteiger charge is -2.12. The van der Waals surface area contributed by atoms with Crippen molar-refractivity contribution in [1.29, 1.82) is 0 Å². The quantitative estimate of drug-likeness (QED) is 0.737. The van der Waals surface area contributed by atoms with Gasteiger partial charge in [0, 0.05) is 41.9 Å². The molecule has 1 heterocycles. The standard InChI is InChI=1S/C14H23NO2S/c1-4-17-9-5-6-14(16)15-11(2)10-13-8-7-12(3)18-13/h7-8,11H,4-6,9-10H2,1-3H3,(H,15,16)/t11-/m0/s1. The van der Waals surface area contributed by atoms with Gasteiger partial charge in [-0.05, 0) is 39.3 Å². The number of nitrogens with one attached hydrogen (secondary N) is 1. The van der Waals surface area contributed by atoms with Crippen molar-refractivity contribution in [3.63, 3.8) is 0 Å². The van der Waals surface area contributed by atoms with E-state index in [2.05, 4.69) is 31.3 Å². The molecule has 1 atom stereocenters. The normalized spacial score (nSPS) is 12.4. The van der Waals surface area contributed by atoms with Crippen LogP contribution in [-0.2, 0) is 16.0 Å². The van der Waals surface area contributed by atoms with E-state index in [1.807, 2.05) is 6.92 Å². The van der Waals surface area contributed by atoms with E-state index in [0.717, 1.165) is 19.4 Å². The van der Waals surface area contributed by atoms with E-state index >= 15 is 0 Å². The van der Waals surface area contributed by atoms with Crippen molar-refractivity contribution >= 4 is 17.2 Å². The van der Waals surface area contributed by atoms with E-state index in [4.69, 9.17) is 4.74 Å². The Bertz CT molecular complexity index is 362. The second-order valence-corrected chi connectivity index (χ2v) is 5.86. The number of thiophene rings is 1. The first-order valence-electron chi connectivity index (χ1n) is 6.54. The topological polar surface area (TPSA) is 38.3 Å². The summed E-state index contributed by atoms with van der Waals surface area (Å²) in [5.74, 6) is 0.121. The van der Waals surface area contributed by atoms with Gasteiger partial charge in [-0.3, -0.25) is 4.79 Å². The van der Waals surface area contributed by atoms with Crippen LogP contribution < -0.4 is 5.32 Å². The van der Waals surface area contributed by atoms with Crippen LogP contribution in [0.1, 0.15) is 36.4 Å². The minimum Gasteiger partial charge on any atom is -0.382 e. The van der Waals surface area contributed by atoms with Gasteiger partial charge in [-0.2, -0.15) is 0 Å². The Balaban J connectivity index is 2.19. The molecule has 0 aromatic carbocycles. The highest BCUT2D eigenvalue weighted by atomic mass is 32.1. The lowest BCUT2D eigenvalue weighted by Crippen LogP contribution is -2.33. The number of amides is 1. The van der Waals surface area contributed by atoms with Crippen molar-refractivity contribution in [3.05, 3.63) is 21.9 Å². The van der Waals surface area contributed by atoms with E-state index in [1.54, 1.807) is 11.3 Å². The fourth-order valence-electron chi connectivity index (χ4n) is 1.77. The monoisotopic (exact) mass is 269 g/mol. The molecule has 1 aromatic heterocycles. The van der Waals surface area contributed by atoms with Gasteiger partial charge >= 0.3 is 0 Å². The molecule has 4 heteroatoms. The summed E-state index contributed by atoms with van der Waals surface area (Å²) in [6, 6.07) is 4.46. The van der Waals surface area contributed by atoms with Gasteiger partial charge in [0.2, 0.25) is 5.91 Å². The molecule has 0 bridgehead atoms. The number of aryl methyl sites for hydroxylation is 1. The minimum absolute atomic E-state index is 0.121. The van der Waals surface area contributed by atoms with Crippen LogP contribution in [0.4, 0.5) is 0 Å². The van der Waals surface area contributed by atoms with Crippen molar-refractivity contribution in [3.8, 4) is 0 Å². The first-order chi connectivity index (χ1) is 8.61. The van der Waals surface area contributed by atoms with Gasteiger partial charge < -0.3 is 10.1 Å². The second-order valence-electron chi connectivity index (χ2n) is 4.49. The summed E-state index contributed by atoms with van der Waals surface area (Å²) >= 11 is 1.80. The lowest BCUT2D eigenvalue weighted by molar-refractivity contribution is -0.122. The molecule has 0 radical (unpaired) electrons. The molecule has 0 saturated carbocycles. The van der Waals surface area contributed by atoms with Gasteiger partial charge in [0.25, 0.3) is 0 Å². The number of carbonyl (C=O) groups excluding carboxylic acids is 1. The smallest absolute Gasteiger partial charge is 0.220 e. The molecule has 102 valence electrons. The average molecular weight is 269 g/mol. The van der Waals surface area contributed by atoms with Crippen LogP contribution in [0.25, 0.3) is 0 Å². The van der Waals surface area contributed by atoms with Crippen molar-refractivity contribution < 1.29 is 9.53 Å². The summed E-state index contributed by atoms with van der Waals surface area (Å²) in [6.07, 6.45) is 2.26. The molecular weight excluding hydrogens is 246 g/mol. The minimum atomic E-state index is 0.121. The molecule has 0 aliphatic heterocycles. The van der Waals surface area contributed by atoms with E-state index in [-0.39, 0.29) is 11.9 Å². The Morgan fingerprint density at radius 3 is 2.89 bits per heavy atom. The van der Waals surface area contributed by atoms with Gasteiger partial charge in [0.1, 0.15) is 0 Å². The molecule has 3 nitrogen and oxygen atoms in total.